The van der Waals surface area contributed by atoms with Gasteiger partial charge in [0.05, 0.1) is 20.3 Å². The molecule has 1 aliphatic heterocycles. The average molecular weight is 417 g/mol. The second-order valence-corrected chi connectivity index (χ2v) is 8.47. The summed E-state index contributed by atoms with van der Waals surface area (Å²) in [6, 6.07) is 11.6. The Hall–Kier alpha value is -1.98. The lowest BCUT2D eigenvalue weighted by Crippen LogP contribution is -2.26. The molecular formula is C25H30F2O3. The Balaban J connectivity index is 1.36. The van der Waals surface area contributed by atoms with Crippen LogP contribution in [0.1, 0.15) is 73.8 Å². The fraction of sp³-hybridized carbons (Fsp3) is 0.520. The van der Waals surface area contributed by atoms with Crippen LogP contribution in [0.4, 0.5) is 8.78 Å². The largest absolute Gasteiger partial charge is 0.494 e. The van der Waals surface area contributed by atoms with Gasteiger partial charge in [0, 0.05) is 11.5 Å². The third-order valence-corrected chi connectivity index (χ3v) is 6.75. The smallest absolute Gasteiger partial charge is 0.201 e. The van der Waals surface area contributed by atoms with Crippen LogP contribution in [-0.4, -0.2) is 20.3 Å². The first-order valence-corrected chi connectivity index (χ1v) is 11.0. The molecule has 2 aromatic carbocycles. The van der Waals surface area contributed by atoms with E-state index in [-0.39, 0.29) is 17.2 Å². The van der Waals surface area contributed by atoms with Crippen molar-refractivity contribution < 1.29 is 23.0 Å². The van der Waals surface area contributed by atoms with E-state index in [1.165, 1.54) is 56.9 Å². The van der Waals surface area contributed by atoms with Crippen molar-refractivity contribution in [1.29, 1.82) is 0 Å². The summed E-state index contributed by atoms with van der Waals surface area (Å²) in [5.74, 6) is -0.495. The molecule has 0 N–H and O–H groups in total. The molecular weight excluding hydrogens is 386 g/mol. The third kappa shape index (κ3) is 4.37. The Morgan fingerprint density at radius 2 is 1.43 bits per heavy atom. The van der Waals surface area contributed by atoms with Crippen molar-refractivity contribution in [1.82, 2.24) is 0 Å². The van der Waals surface area contributed by atoms with E-state index in [4.69, 9.17) is 14.2 Å². The standard InChI is InChI=1S/C25H30F2O3/c1-3-16-4-6-17(7-5-16)18-8-10-19(11-9-18)20-14-29-25(30-15-20)21-12-13-22(28-2)24(27)23(21)26/h8-13,16-17,20,25H,3-7,14-15H2,1-2H3. The zero-order chi connectivity index (χ0) is 21.1. The summed E-state index contributed by atoms with van der Waals surface area (Å²) < 4.78 is 44.6. The van der Waals surface area contributed by atoms with Gasteiger partial charge in [0.1, 0.15) is 0 Å². The number of halogens is 2. The summed E-state index contributed by atoms with van der Waals surface area (Å²) >= 11 is 0. The minimum Gasteiger partial charge on any atom is -0.494 e. The van der Waals surface area contributed by atoms with Crippen LogP contribution in [0.2, 0.25) is 0 Å². The average Bonchev–Trinajstić information content (AvgIpc) is 2.81. The quantitative estimate of drug-likeness (QED) is 0.558. The Bertz CT molecular complexity index is 836. The van der Waals surface area contributed by atoms with Crippen molar-refractivity contribution in [2.45, 2.75) is 57.2 Å². The molecule has 2 aromatic rings. The molecule has 0 spiro atoms. The topological polar surface area (TPSA) is 27.7 Å². The maximum Gasteiger partial charge on any atom is 0.201 e. The minimum absolute atomic E-state index is 0.0600. The zero-order valence-corrected chi connectivity index (χ0v) is 17.7. The molecule has 1 aliphatic carbocycles. The molecule has 30 heavy (non-hydrogen) atoms. The highest BCUT2D eigenvalue weighted by Crippen LogP contribution is 2.38. The zero-order valence-electron chi connectivity index (χ0n) is 17.7. The summed E-state index contributed by atoms with van der Waals surface area (Å²) in [4.78, 5) is 0. The molecule has 1 saturated heterocycles. The van der Waals surface area contributed by atoms with Crippen molar-refractivity contribution in [3.8, 4) is 5.75 Å². The third-order valence-electron chi connectivity index (χ3n) is 6.75. The van der Waals surface area contributed by atoms with Crippen molar-refractivity contribution >= 4 is 0 Å². The van der Waals surface area contributed by atoms with Crippen LogP contribution in [-0.2, 0) is 9.47 Å². The molecule has 0 unspecified atom stereocenters. The van der Waals surface area contributed by atoms with Gasteiger partial charge in [-0.1, -0.05) is 37.6 Å². The molecule has 0 atom stereocenters. The predicted molar refractivity (Wildman–Crippen MR) is 112 cm³/mol. The number of hydrogen-bond donors (Lipinski definition) is 0. The van der Waals surface area contributed by atoms with Crippen LogP contribution in [0.3, 0.4) is 0 Å². The van der Waals surface area contributed by atoms with Gasteiger partial charge in [-0.15, -0.1) is 0 Å². The number of hydrogen-bond acceptors (Lipinski definition) is 3. The molecule has 5 heteroatoms. The van der Waals surface area contributed by atoms with E-state index in [2.05, 4.69) is 31.2 Å². The molecule has 0 bridgehead atoms. The monoisotopic (exact) mass is 416 g/mol. The van der Waals surface area contributed by atoms with Gasteiger partial charge in [0.15, 0.2) is 17.9 Å². The molecule has 2 aliphatic rings. The van der Waals surface area contributed by atoms with Crippen molar-refractivity contribution in [3.05, 3.63) is 64.7 Å². The van der Waals surface area contributed by atoms with E-state index in [1.54, 1.807) is 0 Å². The van der Waals surface area contributed by atoms with E-state index < -0.39 is 17.9 Å². The normalized spacial score (nSPS) is 27.1. The summed E-state index contributed by atoms with van der Waals surface area (Å²) in [5.41, 5.74) is 2.63. The summed E-state index contributed by atoms with van der Waals surface area (Å²) in [6.45, 7) is 3.09. The van der Waals surface area contributed by atoms with E-state index in [0.29, 0.717) is 19.1 Å². The molecule has 4 rings (SSSR count). The molecule has 2 fully saturated rings. The Labute approximate surface area is 177 Å². The fourth-order valence-corrected chi connectivity index (χ4v) is 4.71. The van der Waals surface area contributed by atoms with Gasteiger partial charge in [-0.3, -0.25) is 0 Å². The second kappa shape index (κ2) is 9.44. The van der Waals surface area contributed by atoms with Crippen molar-refractivity contribution in [2.24, 2.45) is 5.92 Å². The molecule has 1 heterocycles. The number of ether oxygens (including phenoxy) is 3. The highest BCUT2D eigenvalue weighted by Gasteiger charge is 2.29. The fourth-order valence-electron chi connectivity index (χ4n) is 4.71. The lowest BCUT2D eigenvalue weighted by Gasteiger charge is -2.31. The first-order chi connectivity index (χ1) is 14.6. The summed E-state index contributed by atoms with van der Waals surface area (Å²) in [7, 11) is 1.30. The Morgan fingerprint density at radius 1 is 0.833 bits per heavy atom. The molecule has 0 amide bonds. The maximum atomic E-state index is 14.3. The van der Waals surface area contributed by atoms with Crippen LogP contribution in [0.25, 0.3) is 0 Å². The highest BCUT2D eigenvalue weighted by atomic mass is 19.2. The number of benzene rings is 2. The van der Waals surface area contributed by atoms with Crippen molar-refractivity contribution in [2.75, 3.05) is 20.3 Å². The van der Waals surface area contributed by atoms with Crippen LogP contribution >= 0.6 is 0 Å². The maximum absolute atomic E-state index is 14.3. The van der Waals surface area contributed by atoms with Crippen molar-refractivity contribution in [3.63, 3.8) is 0 Å². The second-order valence-electron chi connectivity index (χ2n) is 8.47. The van der Waals surface area contributed by atoms with E-state index in [9.17, 15) is 8.78 Å². The molecule has 3 nitrogen and oxygen atoms in total. The molecule has 1 saturated carbocycles. The molecule has 0 radical (unpaired) electrons. The van der Waals surface area contributed by atoms with Crippen LogP contribution in [0, 0.1) is 17.6 Å². The number of methoxy groups -OCH3 is 1. The van der Waals surface area contributed by atoms with Crippen LogP contribution in [0.5, 0.6) is 5.75 Å². The Morgan fingerprint density at radius 3 is 2.00 bits per heavy atom. The van der Waals surface area contributed by atoms with Gasteiger partial charge in [0.2, 0.25) is 5.82 Å². The van der Waals surface area contributed by atoms with Gasteiger partial charge in [-0.05, 0) is 60.8 Å². The van der Waals surface area contributed by atoms with Gasteiger partial charge in [-0.2, -0.15) is 4.39 Å². The lowest BCUT2D eigenvalue weighted by atomic mass is 9.77. The van der Waals surface area contributed by atoms with Crippen LogP contribution < -0.4 is 4.74 Å². The summed E-state index contributed by atoms with van der Waals surface area (Å²) in [5, 5.41) is 0. The van der Waals surface area contributed by atoms with Gasteiger partial charge in [-0.25, -0.2) is 4.39 Å². The summed E-state index contributed by atoms with van der Waals surface area (Å²) in [6.07, 6.45) is 5.60. The first-order valence-electron chi connectivity index (χ1n) is 11.0. The first kappa shape index (κ1) is 21.3. The number of rotatable bonds is 5. The predicted octanol–water partition coefficient (Wildman–Crippen LogP) is 6.49. The van der Waals surface area contributed by atoms with Crippen LogP contribution in [0.15, 0.2) is 36.4 Å². The molecule has 162 valence electrons. The van der Waals surface area contributed by atoms with Gasteiger partial charge in [0.25, 0.3) is 0 Å². The van der Waals surface area contributed by atoms with E-state index in [0.717, 1.165) is 11.5 Å². The Kier molecular flexibility index (Phi) is 6.69. The lowest BCUT2D eigenvalue weighted by molar-refractivity contribution is -0.193. The molecule has 0 aromatic heterocycles. The van der Waals surface area contributed by atoms with Gasteiger partial charge >= 0.3 is 0 Å². The van der Waals surface area contributed by atoms with E-state index >= 15 is 0 Å². The minimum atomic E-state index is -1.02. The van der Waals surface area contributed by atoms with Gasteiger partial charge < -0.3 is 14.2 Å². The SMILES string of the molecule is CCC1CCC(c2ccc(C3COC(c4ccc(OC)c(F)c4F)OC3)cc2)CC1. The van der Waals surface area contributed by atoms with E-state index in [1.807, 2.05) is 0 Å². The highest BCUT2D eigenvalue weighted by molar-refractivity contribution is 5.32.